The molecule has 1 N–H and O–H groups in total. The minimum absolute atomic E-state index is 0. The van der Waals surface area contributed by atoms with Crippen molar-refractivity contribution in [1.82, 2.24) is 34.8 Å². The molecule has 0 saturated heterocycles. The number of hydrogen-bond donors (Lipinski definition) is 1. The average Bonchev–Trinajstić information content (AvgIpc) is 3.27. The van der Waals surface area contributed by atoms with Gasteiger partial charge in [-0.2, -0.15) is 5.10 Å². The molecule has 0 aromatic carbocycles. The number of nitrogens with zero attached hydrogens (tertiary/aromatic N) is 7. The zero-order chi connectivity index (χ0) is 18.7. The van der Waals surface area contributed by atoms with Crippen molar-refractivity contribution >= 4 is 29.9 Å². The van der Waals surface area contributed by atoms with Gasteiger partial charge in [-0.05, 0) is 19.3 Å². The largest absolute Gasteiger partial charge is 0.357 e. The zero-order valence-electron chi connectivity index (χ0n) is 16.9. The summed E-state index contributed by atoms with van der Waals surface area (Å²) in [7, 11) is 4.04. The molecule has 0 atom stereocenters. The number of nitrogens with one attached hydrogen (secondary N) is 1. The molecule has 2 aromatic rings. The molecule has 0 amide bonds. The molecule has 9 heteroatoms. The Hall–Kier alpha value is -1.65. The van der Waals surface area contributed by atoms with Crippen LogP contribution in [0.25, 0.3) is 0 Å². The van der Waals surface area contributed by atoms with Crippen LogP contribution in [0.1, 0.15) is 56.0 Å². The smallest absolute Gasteiger partial charge is 0.194 e. The summed E-state index contributed by atoms with van der Waals surface area (Å²) < 4.78 is 4.09. The number of aromatic nitrogens is 5. The van der Waals surface area contributed by atoms with Crippen LogP contribution < -0.4 is 5.32 Å². The lowest BCUT2D eigenvalue weighted by Crippen LogP contribution is -2.38. The van der Waals surface area contributed by atoms with Gasteiger partial charge in [0, 0.05) is 51.9 Å². The monoisotopic (exact) mass is 486 g/mol. The number of aliphatic imine (C=N–C) groups is 1. The van der Waals surface area contributed by atoms with Crippen molar-refractivity contribution in [1.29, 1.82) is 0 Å². The molecule has 0 unspecified atom stereocenters. The number of fused-ring (bicyclic) bond motifs is 1. The van der Waals surface area contributed by atoms with Gasteiger partial charge in [0.1, 0.15) is 12.4 Å². The third-order valence-electron chi connectivity index (χ3n) is 4.64. The highest BCUT2D eigenvalue weighted by Gasteiger charge is 2.18. The molecular formula is C18H31IN8. The second-order valence-corrected chi connectivity index (χ2v) is 7.18. The molecule has 0 radical (unpaired) electrons. The number of rotatable bonds is 6. The van der Waals surface area contributed by atoms with E-state index >= 15 is 0 Å². The number of hydrogen-bond acceptors (Lipinski definition) is 4. The molecule has 3 rings (SSSR count). The van der Waals surface area contributed by atoms with Gasteiger partial charge >= 0.3 is 0 Å². The highest BCUT2D eigenvalue weighted by molar-refractivity contribution is 14.0. The summed E-state index contributed by atoms with van der Waals surface area (Å²) in [5.74, 6) is 3.31. The van der Waals surface area contributed by atoms with Crippen LogP contribution in [0.3, 0.4) is 0 Å². The molecule has 150 valence electrons. The summed E-state index contributed by atoms with van der Waals surface area (Å²) in [5, 5.41) is 16.5. The van der Waals surface area contributed by atoms with Crippen molar-refractivity contribution in [2.24, 2.45) is 12.0 Å². The van der Waals surface area contributed by atoms with Crippen molar-refractivity contribution in [3.63, 3.8) is 0 Å². The van der Waals surface area contributed by atoms with Crippen LogP contribution in [0, 0.1) is 0 Å². The van der Waals surface area contributed by atoms with Crippen molar-refractivity contribution in [2.45, 2.75) is 59.2 Å². The minimum Gasteiger partial charge on any atom is -0.357 e. The van der Waals surface area contributed by atoms with E-state index < -0.39 is 0 Å². The van der Waals surface area contributed by atoms with Gasteiger partial charge in [0.05, 0.1) is 5.69 Å². The third-order valence-corrected chi connectivity index (χ3v) is 4.64. The van der Waals surface area contributed by atoms with Gasteiger partial charge in [0.25, 0.3) is 0 Å². The molecule has 0 spiro atoms. The summed E-state index contributed by atoms with van der Waals surface area (Å²) in [5.41, 5.74) is 2.38. The van der Waals surface area contributed by atoms with Crippen LogP contribution in [-0.2, 0) is 33.1 Å². The van der Waals surface area contributed by atoms with E-state index in [1.54, 1.807) is 0 Å². The van der Waals surface area contributed by atoms with Crippen LogP contribution in [-0.4, -0.2) is 49.0 Å². The van der Waals surface area contributed by atoms with Gasteiger partial charge < -0.3 is 14.8 Å². The summed E-state index contributed by atoms with van der Waals surface area (Å²) >= 11 is 0. The highest BCUT2D eigenvalue weighted by atomic mass is 127. The maximum atomic E-state index is 4.79. The second-order valence-electron chi connectivity index (χ2n) is 7.18. The molecule has 1 aliphatic heterocycles. The fourth-order valence-electron chi connectivity index (χ4n) is 3.44. The summed E-state index contributed by atoms with van der Waals surface area (Å²) in [6, 6.07) is 0. The Balaban J connectivity index is 0.00000261. The van der Waals surface area contributed by atoms with Crippen LogP contribution in [0.5, 0.6) is 0 Å². The molecule has 27 heavy (non-hydrogen) atoms. The van der Waals surface area contributed by atoms with Crippen LogP contribution in [0.4, 0.5) is 0 Å². The number of aryl methyl sites for hydroxylation is 2. The Morgan fingerprint density at radius 2 is 2.15 bits per heavy atom. The lowest BCUT2D eigenvalue weighted by Gasteiger charge is -2.22. The maximum absolute atomic E-state index is 4.79. The third kappa shape index (κ3) is 4.99. The first-order valence-electron chi connectivity index (χ1n) is 9.42. The molecule has 0 bridgehead atoms. The van der Waals surface area contributed by atoms with E-state index in [2.05, 4.69) is 64.1 Å². The SMILES string of the molecule is CCNC(=NCc1nnc2n1CCC2)N(C)Cc1cn(C)nc1C(C)C.I. The highest BCUT2D eigenvalue weighted by Crippen LogP contribution is 2.19. The van der Waals surface area contributed by atoms with Gasteiger partial charge in [-0.3, -0.25) is 4.68 Å². The number of halogens is 1. The summed E-state index contributed by atoms with van der Waals surface area (Å²) in [4.78, 5) is 6.94. The normalized spacial score (nSPS) is 13.6. The molecule has 1 aliphatic rings. The van der Waals surface area contributed by atoms with Gasteiger partial charge in [0.2, 0.25) is 0 Å². The van der Waals surface area contributed by atoms with E-state index in [0.29, 0.717) is 12.5 Å². The fourth-order valence-corrected chi connectivity index (χ4v) is 3.44. The van der Waals surface area contributed by atoms with Crippen molar-refractivity contribution in [3.05, 3.63) is 29.1 Å². The standard InChI is InChI=1S/C18H30N8.HI/c1-6-19-18(20-10-16-22-21-15-8-7-9-26(15)16)24(4)11-14-12-25(5)23-17(14)13(2)3;/h12-13H,6-11H2,1-5H3,(H,19,20);1H. The summed E-state index contributed by atoms with van der Waals surface area (Å²) in [6.45, 7) is 9.59. The quantitative estimate of drug-likeness (QED) is 0.385. The van der Waals surface area contributed by atoms with E-state index in [-0.39, 0.29) is 24.0 Å². The van der Waals surface area contributed by atoms with Gasteiger partial charge in [-0.1, -0.05) is 13.8 Å². The molecule has 8 nitrogen and oxygen atoms in total. The Labute approximate surface area is 178 Å². The lowest BCUT2D eigenvalue weighted by atomic mass is 10.1. The molecule has 0 saturated carbocycles. The molecular weight excluding hydrogens is 455 g/mol. The Morgan fingerprint density at radius 3 is 2.85 bits per heavy atom. The minimum atomic E-state index is 0. The van der Waals surface area contributed by atoms with E-state index in [1.165, 1.54) is 5.56 Å². The second kappa shape index (κ2) is 9.52. The first-order valence-corrected chi connectivity index (χ1v) is 9.42. The van der Waals surface area contributed by atoms with Gasteiger partial charge in [-0.25, -0.2) is 4.99 Å². The Morgan fingerprint density at radius 1 is 1.37 bits per heavy atom. The van der Waals surface area contributed by atoms with Crippen molar-refractivity contribution < 1.29 is 0 Å². The van der Waals surface area contributed by atoms with E-state index in [1.807, 2.05) is 11.7 Å². The zero-order valence-corrected chi connectivity index (χ0v) is 19.3. The predicted octanol–water partition coefficient (Wildman–Crippen LogP) is 2.30. The van der Waals surface area contributed by atoms with E-state index in [0.717, 1.165) is 55.8 Å². The number of guanidine groups is 1. The van der Waals surface area contributed by atoms with Crippen LogP contribution in [0.15, 0.2) is 11.2 Å². The average molecular weight is 486 g/mol. The topological polar surface area (TPSA) is 76.2 Å². The first-order chi connectivity index (χ1) is 12.5. The van der Waals surface area contributed by atoms with E-state index in [9.17, 15) is 0 Å². The Bertz CT molecular complexity index is 776. The van der Waals surface area contributed by atoms with E-state index in [4.69, 9.17) is 4.99 Å². The predicted molar refractivity (Wildman–Crippen MR) is 117 cm³/mol. The Kier molecular flexibility index (Phi) is 7.63. The lowest BCUT2D eigenvalue weighted by molar-refractivity contribution is 0.472. The van der Waals surface area contributed by atoms with Crippen LogP contribution in [0.2, 0.25) is 0 Å². The van der Waals surface area contributed by atoms with Gasteiger partial charge in [0.15, 0.2) is 11.8 Å². The fraction of sp³-hybridized carbons (Fsp3) is 0.667. The molecule has 3 heterocycles. The summed E-state index contributed by atoms with van der Waals surface area (Å²) in [6.07, 6.45) is 4.27. The van der Waals surface area contributed by atoms with Gasteiger partial charge in [-0.15, -0.1) is 34.2 Å². The van der Waals surface area contributed by atoms with Crippen molar-refractivity contribution in [2.75, 3.05) is 13.6 Å². The molecule has 2 aromatic heterocycles. The maximum Gasteiger partial charge on any atom is 0.194 e. The first kappa shape index (κ1) is 21.6. The molecule has 0 fully saturated rings. The van der Waals surface area contributed by atoms with Crippen molar-refractivity contribution in [3.8, 4) is 0 Å². The molecule has 0 aliphatic carbocycles. The van der Waals surface area contributed by atoms with Crippen LogP contribution >= 0.6 is 24.0 Å².